The Bertz CT molecular complexity index is 1320. The van der Waals surface area contributed by atoms with Crippen LogP contribution in [0.5, 0.6) is 5.75 Å². The zero-order valence-corrected chi connectivity index (χ0v) is 27.5. The molecular formula is C31H43Cl2N5O6. The number of hydrogen-bond donors (Lipinski definition) is 2. The van der Waals surface area contributed by atoms with Gasteiger partial charge in [-0.1, -0.05) is 0 Å². The second kappa shape index (κ2) is 18.2. The molecule has 2 amide bonds. The molecule has 0 fully saturated rings. The van der Waals surface area contributed by atoms with Crippen LogP contribution in [0.4, 0.5) is 11.4 Å². The number of furan rings is 1. The average molecular weight is 653 g/mol. The number of nitrogens with zero attached hydrogens (tertiary/aromatic N) is 4. The number of rotatable bonds is 12. The van der Waals surface area contributed by atoms with E-state index < -0.39 is 11.4 Å². The van der Waals surface area contributed by atoms with Crippen molar-refractivity contribution >= 4 is 54.0 Å². The number of nitrogens with one attached hydrogen (secondary N) is 1. The van der Waals surface area contributed by atoms with E-state index in [4.69, 9.17) is 9.84 Å². The van der Waals surface area contributed by atoms with Crippen LogP contribution >= 0.6 is 24.8 Å². The van der Waals surface area contributed by atoms with Gasteiger partial charge in [-0.15, -0.1) is 24.8 Å². The Balaban J connectivity index is 0.000000841. The molecule has 0 spiro atoms. The fourth-order valence-corrected chi connectivity index (χ4v) is 4.62. The number of carbonyl (C=O) groups is 3. The highest BCUT2D eigenvalue weighted by Crippen LogP contribution is 2.40. The number of aromatic carboxylic acids is 1. The number of benzene rings is 1. The molecule has 0 aliphatic carbocycles. The molecular weight excluding hydrogens is 609 g/mol. The number of amides is 2. The van der Waals surface area contributed by atoms with E-state index in [9.17, 15) is 14.4 Å². The molecule has 2 N–H and O–H groups in total. The smallest absolute Gasteiger partial charge is 0.338 e. The molecule has 0 saturated heterocycles. The Morgan fingerprint density at radius 1 is 1.07 bits per heavy atom. The number of carbonyl (C=O) groups excluding carboxylic acids is 2. The zero-order valence-electron chi connectivity index (χ0n) is 25.8. The lowest BCUT2D eigenvalue weighted by atomic mass is 9.90. The van der Waals surface area contributed by atoms with Crippen molar-refractivity contribution in [1.82, 2.24) is 15.2 Å². The standard InChI is InChI=1S/C26H37N5O3.C5H4O3.2ClH/c1-6-31-22-9-8-21(18-23(22)29(5)24(32)26(2,3)25(31)33)34-17-7-15-30(16-14-27-4)19-20-10-12-28-13-11-20;6-5(7)4-1-2-8-3-4;;/h8-13,18,27H,6-7,14-17,19H2,1-5H3;1-3H,(H,6,7);2*1H. The number of halogens is 2. The van der Waals surface area contributed by atoms with Crippen LogP contribution in [0.25, 0.3) is 0 Å². The first-order chi connectivity index (χ1) is 20.1. The Morgan fingerprint density at radius 2 is 1.77 bits per heavy atom. The van der Waals surface area contributed by atoms with Crippen molar-refractivity contribution in [1.29, 1.82) is 0 Å². The van der Waals surface area contributed by atoms with Gasteiger partial charge in [0.1, 0.15) is 17.4 Å². The van der Waals surface area contributed by atoms with E-state index >= 15 is 0 Å². The Labute approximate surface area is 271 Å². The van der Waals surface area contributed by atoms with Crippen LogP contribution in [-0.2, 0) is 16.1 Å². The quantitative estimate of drug-likeness (QED) is 0.211. The van der Waals surface area contributed by atoms with Gasteiger partial charge < -0.3 is 29.4 Å². The third-order valence-corrected chi connectivity index (χ3v) is 7.02. The van der Waals surface area contributed by atoms with Crippen molar-refractivity contribution in [3.8, 4) is 5.75 Å². The Hall–Kier alpha value is -3.64. The minimum atomic E-state index is -1.11. The van der Waals surface area contributed by atoms with Crippen LogP contribution in [0.15, 0.2) is 65.7 Å². The molecule has 1 aliphatic heterocycles. The average Bonchev–Trinajstić information content (AvgIpc) is 3.53. The molecule has 1 aromatic carbocycles. The first-order valence-corrected chi connectivity index (χ1v) is 14.0. The fraction of sp³-hybridized carbons (Fsp3) is 0.419. The lowest BCUT2D eigenvalue weighted by Crippen LogP contribution is -2.47. The first-order valence-electron chi connectivity index (χ1n) is 14.0. The summed E-state index contributed by atoms with van der Waals surface area (Å²) in [6.07, 6.45) is 7.02. The summed E-state index contributed by atoms with van der Waals surface area (Å²) >= 11 is 0. The number of aromatic nitrogens is 1. The van der Waals surface area contributed by atoms with Crippen LogP contribution in [0.1, 0.15) is 43.1 Å². The number of carboxylic acids is 1. The first kappa shape index (κ1) is 38.4. The van der Waals surface area contributed by atoms with Crippen molar-refractivity contribution in [2.24, 2.45) is 5.41 Å². The van der Waals surface area contributed by atoms with Gasteiger partial charge in [-0.25, -0.2) is 4.79 Å². The van der Waals surface area contributed by atoms with Gasteiger partial charge in [-0.05, 0) is 70.1 Å². The Kier molecular flexibility index (Phi) is 15.9. The van der Waals surface area contributed by atoms with E-state index in [-0.39, 0.29) is 42.2 Å². The van der Waals surface area contributed by atoms with Crippen LogP contribution < -0.4 is 19.9 Å². The molecule has 3 aromatic rings. The second-order valence-corrected chi connectivity index (χ2v) is 10.4. The monoisotopic (exact) mass is 651 g/mol. The summed E-state index contributed by atoms with van der Waals surface area (Å²) in [4.78, 5) is 45.8. The topological polar surface area (TPSA) is 128 Å². The summed E-state index contributed by atoms with van der Waals surface area (Å²) in [5, 5.41) is 11.4. The summed E-state index contributed by atoms with van der Waals surface area (Å²) < 4.78 is 10.6. The maximum absolute atomic E-state index is 13.0. The molecule has 4 rings (SSSR count). The highest BCUT2D eigenvalue weighted by atomic mass is 35.5. The molecule has 0 unspecified atom stereocenters. The van der Waals surface area contributed by atoms with Gasteiger partial charge in [0.25, 0.3) is 0 Å². The molecule has 3 heterocycles. The normalized spacial score (nSPS) is 13.6. The molecule has 0 radical (unpaired) electrons. The van der Waals surface area contributed by atoms with Crippen molar-refractivity contribution in [2.45, 2.75) is 33.7 Å². The third-order valence-electron chi connectivity index (χ3n) is 7.02. The van der Waals surface area contributed by atoms with Crippen LogP contribution in [-0.4, -0.2) is 79.7 Å². The van der Waals surface area contributed by atoms with Crippen LogP contribution in [0.2, 0.25) is 0 Å². The zero-order chi connectivity index (χ0) is 30.7. The van der Waals surface area contributed by atoms with Crippen LogP contribution in [0.3, 0.4) is 0 Å². The van der Waals surface area contributed by atoms with E-state index in [0.29, 0.717) is 24.6 Å². The van der Waals surface area contributed by atoms with E-state index in [1.54, 1.807) is 30.7 Å². The van der Waals surface area contributed by atoms with E-state index in [1.165, 1.54) is 24.2 Å². The predicted molar refractivity (Wildman–Crippen MR) is 175 cm³/mol. The fourth-order valence-electron chi connectivity index (χ4n) is 4.62. The van der Waals surface area contributed by atoms with Gasteiger partial charge in [0, 0.05) is 58.2 Å². The molecule has 44 heavy (non-hydrogen) atoms. The lowest BCUT2D eigenvalue weighted by Gasteiger charge is -2.27. The number of carboxylic acid groups (broad SMARTS) is 1. The number of likely N-dealkylation sites (N-methyl/N-ethyl adjacent to an activating group) is 1. The maximum atomic E-state index is 13.0. The van der Waals surface area contributed by atoms with Crippen molar-refractivity contribution in [3.63, 3.8) is 0 Å². The van der Waals surface area contributed by atoms with Gasteiger partial charge >= 0.3 is 5.97 Å². The van der Waals surface area contributed by atoms with Gasteiger partial charge in [-0.3, -0.25) is 19.5 Å². The largest absolute Gasteiger partial charge is 0.493 e. The van der Waals surface area contributed by atoms with Crippen molar-refractivity contribution in [2.75, 3.05) is 56.7 Å². The van der Waals surface area contributed by atoms with Crippen molar-refractivity contribution < 1.29 is 28.6 Å². The van der Waals surface area contributed by atoms with Crippen LogP contribution in [0, 0.1) is 5.41 Å². The minimum Gasteiger partial charge on any atom is -0.493 e. The third kappa shape index (κ3) is 9.95. The number of fused-ring (bicyclic) bond motifs is 1. The SMILES string of the molecule is CCN1C(=O)C(C)(C)C(=O)N(C)c2cc(OCCCN(CCNC)Cc3ccncc3)ccc21.Cl.Cl.O=C(O)c1ccoc1. The highest BCUT2D eigenvalue weighted by molar-refractivity contribution is 6.20. The van der Waals surface area contributed by atoms with E-state index in [2.05, 4.69) is 19.6 Å². The molecule has 242 valence electrons. The highest BCUT2D eigenvalue weighted by Gasteiger charge is 2.45. The molecule has 0 bridgehead atoms. The minimum absolute atomic E-state index is 0. The summed E-state index contributed by atoms with van der Waals surface area (Å²) in [5.74, 6) is -0.672. The summed E-state index contributed by atoms with van der Waals surface area (Å²) in [5.41, 5.74) is 1.73. The summed E-state index contributed by atoms with van der Waals surface area (Å²) in [6.45, 7) is 9.98. The summed E-state index contributed by atoms with van der Waals surface area (Å²) in [7, 11) is 3.68. The molecule has 11 nitrogen and oxygen atoms in total. The molecule has 2 aromatic heterocycles. The number of anilines is 2. The number of pyridine rings is 1. The second-order valence-electron chi connectivity index (χ2n) is 10.4. The molecule has 1 aliphatic rings. The van der Waals surface area contributed by atoms with Gasteiger partial charge in [0.15, 0.2) is 0 Å². The summed E-state index contributed by atoms with van der Waals surface area (Å²) in [6, 6.07) is 11.1. The Morgan fingerprint density at radius 3 is 2.34 bits per heavy atom. The van der Waals surface area contributed by atoms with Gasteiger partial charge in [0.05, 0.1) is 29.8 Å². The number of hydrogen-bond acceptors (Lipinski definition) is 8. The van der Waals surface area contributed by atoms with E-state index in [0.717, 1.165) is 38.3 Å². The number of ether oxygens (including phenoxy) is 1. The van der Waals surface area contributed by atoms with Gasteiger partial charge in [0.2, 0.25) is 11.8 Å². The lowest BCUT2D eigenvalue weighted by molar-refractivity contribution is -0.137. The van der Waals surface area contributed by atoms with Crippen molar-refractivity contribution in [3.05, 3.63) is 72.4 Å². The van der Waals surface area contributed by atoms with E-state index in [1.807, 2.05) is 56.7 Å². The predicted octanol–water partition coefficient (Wildman–Crippen LogP) is 4.75. The molecule has 0 saturated carbocycles. The molecule has 0 atom stereocenters. The maximum Gasteiger partial charge on any atom is 0.338 e. The molecule has 13 heteroatoms. The van der Waals surface area contributed by atoms with Gasteiger partial charge in [-0.2, -0.15) is 0 Å².